The molecular weight excluding hydrogens is 446 g/mol. The second-order valence-corrected chi connectivity index (χ2v) is 11.7. The summed E-state index contributed by atoms with van der Waals surface area (Å²) < 4.78 is 33.9. The molecule has 33 heavy (non-hydrogen) atoms. The molecule has 4 rings (SSSR count). The highest BCUT2D eigenvalue weighted by atomic mass is 32.2. The number of piperidine rings is 1. The topological polar surface area (TPSA) is 96.5 Å². The van der Waals surface area contributed by atoms with Crippen molar-refractivity contribution in [1.82, 2.24) is 14.7 Å². The van der Waals surface area contributed by atoms with Crippen molar-refractivity contribution in [3.63, 3.8) is 0 Å². The number of hydrogen-bond donors (Lipinski definition) is 0. The summed E-state index contributed by atoms with van der Waals surface area (Å²) >= 11 is 0. The molecule has 9 nitrogen and oxygen atoms in total. The summed E-state index contributed by atoms with van der Waals surface area (Å²) in [4.78, 5) is 31.7. The third-order valence-corrected chi connectivity index (χ3v) is 8.94. The number of methoxy groups -OCH3 is 2. The number of nitrogens with zero attached hydrogens (tertiary/aromatic N) is 3. The van der Waals surface area contributed by atoms with Gasteiger partial charge in [-0.25, -0.2) is 8.42 Å². The zero-order valence-corrected chi connectivity index (χ0v) is 20.2. The largest absolute Gasteiger partial charge is 0.497 e. The predicted octanol–water partition coefficient (Wildman–Crippen LogP) is 0.889. The second-order valence-electron chi connectivity index (χ2n) is 9.35. The lowest BCUT2D eigenvalue weighted by Crippen LogP contribution is -2.47. The van der Waals surface area contributed by atoms with Crippen LogP contribution in [-0.4, -0.2) is 106 Å². The number of amides is 2. The lowest BCUT2D eigenvalue weighted by atomic mass is 9.77. The molecule has 10 heteroatoms. The fraction of sp³-hybridized carbons (Fsp3) is 0.652. The molecule has 0 unspecified atom stereocenters. The van der Waals surface area contributed by atoms with Crippen molar-refractivity contribution >= 4 is 21.7 Å². The van der Waals surface area contributed by atoms with Gasteiger partial charge in [0.2, 0.25) is 5.91 Å². The maximum absolute atomic E-state index is 13.2. The van der Waals surface area contributed by atoms with E-state index in [1.807, 2.05) is 14.7 Å². The van der Waals surface area contributed by atoms with E-state index >= 15 is 0 Å². The third kappa shape index (κ3) is 5.27. The molecule has 0 bridgehead atoms. The number of ether oxygens (including phenoxy) is 2. The Morgan fingerprint density at radius 2 is 1.58 bits per heavy atom. The SMILES string of the molecule is COc1ccc(OC)c(C(=O)N2CCC3(CCN(C(=O)CN4CCS(=O)(=O)CC4)C3)CC2)c1. The van der Waals surface area contributed by atoms with Crippen LogP contribution in [-0.2, 0) is 14.6 Å². The van der Waals surface area contributed by atoms with Gasteiger partial charge in [-0.05, 0) is 42.9 Å². The van der Waals surface area contributed by atoms with Crippen LogP contribution in [0.5, 0.6) is 11.5 Å². The van der Waals surface area contributed by atoms with Gasteiger partial charge in [-0.1, -0.05) is 0 Å². The van der Waals surface area contributed by atoms with Gasteiger partial charge in [0.25, 0.3) is 5.91 Å². The highest BCUT2D eigenvalue weighted by Crippen LogP contribution is 2.41. The van der Waals surface area contributed by atoms with E-state index in [0.717, 1.165) is 25.8 Å². The number of hydrogen-bond acceptors (Lipinski definition) is 7. The van der Waals surface area contributed by atoms with Gasteiger partial charge in [0.15, 0.2) is 9.84 Å². The standard InChI is InChI=1S/C23H33N3O6S/c1-31-18-3-4-20(32-2)19(15-18)22(28)25-8-5-23(6-9-25)7-10-26(17-23)21(27)16-24-11-13-33(29,30)14-12-24/h3-4,15H,5-14,16-17H2,1-2H3. The van der Waals surface area contributed by atoms with Crippen LogP contribution in [0.1, 0.15) is 29.6 Å². The average molecular weight is 480 g/mol. The van der Waals surface area contributed by atoms with Crippen LogP contribution in [0.3, 0.4) is 0 Å². The summed E-state index contributed by atoms with van der Waals surface area (Å²) in [6.07, 6.45) is 2.66. The smallest absolute Gasteiger partial charge is 0.257 e. The van der Waals surface area contributed by atoms with E-state index in [0.29, 0.717) is 49.8 Å². The monoisotopic (exact) mass is 479 g/mol. The van der Waals surface area contributed by atoms with Gasteiger partial charge < -0.3 is 19.3 Å². The summed E-state index contributed by atoms with van der Waals surface area (Å²) in [6.45, 7) is 3.86. The molecule has 1 aromatic carbocycles. The van der Waals surface area contributed by atoms with Gasteiger partial charge in [0, 0.05) is 39.3 Å². The molecule has 3 heterocycles. The molecule has 182 valence electrons. The van der Waals surface area contributed by atoms with E-state index in [1.54, 1.807) is 32.4 Å². The van der Waals surface area contributed by atoms with Crippen LogP contribution in [0.2, 0.25) is 0 Å². The Morgan fingerprint density at radius 1 is 0.939 bits per heavy atom. The van der Waals surface area contributed by atoms with Gasteiger partial charge in [0.05, 0.1) is 37.8 Å². The number of rotatable bonds is 5. The normalized spacial score (nSPS) is 22.4. The summed E-state index contributed by atoms with van der Waals surface area (Å²) in [5.74, 6) is 1.42. The lowest BCUT2D eigenvalue weighted by molar-refractivity contribution is -0.131. The molecule has 0 radical (unpaired) electrons. The molecule has 0 aromatic heterocycles. The van der Waals surface area contributed by atoms with Crippen molar-refractivity contribution in [3.05, 3.63) is 23.8 Å². The quantitative estimate of drug-likeness (QED) is 0.619. The van der Waals surface area contributed by atoms with E-state index in [1.165, 1.54) is 0 Å². The Labute approximate surface area is 195 Å². The zero-order chi connectivity index (χ0) is 23.6. The van der Waals surface area contributed by atoms with Gasteiger partial charge in [-0.3, -0.25) is 14.5 Å². The average Bonchev–Trinajstić information content (AvgIpc) is 3.23. The summed E-state index contributed by atoms with van der Waals surface area (Å²) in [5, 5.41) is 0. The Hall–Kier alpha value is -2.33. The number of carbonyl (C=O) groups excluding carboxylic acids is 2. The number of sulfone groups is 1. The molecule has 0 atom stereocenters. The highest BCUT2D eigenvalue weighted by Gasteiger charge is 2.43. The first-order chi connectivity index (χ1) is 15.7. The van der Waals surface area contributed by atoms with Crippen molar-refractivity contribution in [2.45, 2.75) is 19.3 Å². The van der Waals surface area contributed by atoms with Crippen LogP contribution in [0.25, 0.3) is 0 Å². The fourth-order valence-corrected chi connectivity index (χ4v) is 6.37. The van der Waals surface area contributed by atoms with E-state index in [2.05, 4.69) is 0 Å². The predicted molar refractivity (Wildman–Crippen MR) is 123 cm³/mol. The second kappa shape index (κ2) is 9.50. The maximum atomic E-state index is 13.2. The number of benzene rings is 1. The Bertz CT molecular complexity index is 989. The first-order valence-electron chi connectivity index (χ1n) is 11.5. The van der Waals surface area contributed by atoms with Gasteiger partial charge in [0.1, 0.15) is 11.5 Å². The van der Waals surface area contributed by atoms with E-state index < -0.39 is 9.84 Å². The lowest BCUT2D eigenvalue weighted by Gasteiger charge is -2.39. The van der Waals surface area contributed by atoms with E-state index in [9.17, 15) is 18.0 Å². The Kier molecular flexibility index (Phi) is 6.86. The minimum absolute atomic E-state index is 0.0517. The van der Waals surface area contributed by atoms with Gasteiger partial charge in [-0.2, -0.15) is 0 Å². The summed E-state index contributed by atoms with van der Waals surface area (Å²) in [6, 6.07) is 5.23. The molecule has 3 aliphatic rings. The van der Waals surface area contributed by atoms with Gasteiger partial charge in [-0.15, -0.1) is 0 Å². The molecule has 3 saturated heterocycles. The minimum Gasteiger partial charge on any atom is -0.497 e. The molecule has 0 N–H and O–H groups in total. The van der Waals surface area contributed by atoms with Crippen molar-refractivity contribution in [3.8, 4) is 11.5 Å². The minimum atomic E-state index is -2.95. The van der Waals surface area contributed by atoms with Crippen LogP contribution >= 0.6 is 0 Å². The first-order valence-corrected chi connectivity index (χ1v) is 13.3. The van der Waals surface area contributed by atoms with Crippen LogP contribution in [0.15, 0.2) is 18.2 Å². The Morgan fingerprint density at radius 3 is 2.18 bits per heavy atom. The van der Waals surface area contributed by atoms with Crippen molar-refractivity contribution in [1.29, 1.82) is 0 Å². The zero-order valence-electron chi connectivity index (χ0n) is 19.4. The van der Waals surface area contributed by atoms with Crippen LogP contribution in [0, 0.1) is 5.41 Å². The molecule has 1 aromatic rings. The Balaban J connectivity index is 1.32. The molecule has 2 amide bonds. The van der Waals surface area contributed by atoms with E-state index in [4.69, 9.17) is 9.47 Å². The van der Waals surface area contributed by atoms with Crippen molar-refractivity contribution in [2.24, 2.45) is 5.41 Å². The molecule has 3 fully saturated rings. The van der Waals surface area contributed by atoms with Crippen LogP contribution in [0.4, 0.5) is 0 Å². The van der Waals surface area contributed by atoms with Crippen molar-refractivity contribution < 1.29 is 27.5 Å². The number of carbonyl (C=O) groups is 2. The summed E-state index contributed by atoms with van der Waals surface area (Å²) in [7, 11) is 0.175. The molecular formula is C23H33N3O6S. The maximum Gasteiger partial charge on any atom is 0.257 e. The first kappa shape index (κ1) is 23.8. The highest BCUT2D eigenvalue weighted by molar-refractivity contribution is 7.91. The van der Waals surface area contributed by atoms with Crippen molar-refractivity contribution in [2.75, 3.05) is 71.5 Å². The number of likely N-dealkylation sites (tertiary alicyclic amines) is 2. The van der Waals surface area contributed by atoms with Gasteiger partial charge >= 0.3 is 0 Å². The molecule has 0 aliphatic carbocycles. The third-order valence-electron chi connectivity index (χ3n) is 7.34. The molecule has 3 aliphatic heterocycles. The summed E-state index contributed by atoms with van der Waals surface area (Å²) in [5.41, 5.74) is 0.551. The molecule has 1 spiro atoms. The van der Waals surface area contributed by atoms with Crippen LogP contribution < -0.4 is 9.47 Å². The van der Waals surface area contributed by atoms with E-state index in [-0.39, 0.29) is 35.3 Å². The fourth-order valence-electron chi connectivity index (χ4n) is 5.09. The molecule has 0 saturated carbocycles.